The van der Waals surface area contributed by atoms with Gasteiger partial charge in [-0.2, -0.15) is 8.78 Å². The van der Waals surface area contributed by atoms with Gasteiger partial charge in [0.1, 0.15) is 10.6 Å². The van der Waals surface area contributed by atoms with E-state index in [0.717, 1.165) is 12.3 Å². The molecule has 2 aromatic carbocycles. The van der Waals surface area contributed by atoms with Crippen LogP contribution in [0.15, 0.2) is 47.4 Å². The second kappa shape index (κ2) is 8.83. The number of allylic oxidation sites excluding steroid dienone is 1. The first kappa shape index (κ1) is 21.4. The van der Waals surface area contributed by atoms with Crippen LogP contribution in [-0.2, 0) is 9.84 Å². The maximum Gasteiger partial charge on any atom is 0.387 e. The van der Waals surface area contributed by atoms with Crippen LogP contribution in [0.1, 0.15) is 15.9 Å². The SMILES string of the molecule is COc1cc(C(=O)/C=C/c2cccc(OC)c2OC(F)F)ccc1S(C)(=O)=O. The Kier molecular flexibility index (Phi) is 6.74. The number of para-hydroxylation sites is 1. The fourth-order valence-corrected chi connectivity index (χ4v) is 3.25. The van der Waals surface area contributed by atoms with Crippen molar-refractivity contribution in [2.24, 2.45) is 0 Å². The van der Waals surface area contributed by atoms with E-state index in [1.54, 1.807) is 6.07 Å². The molecule has 0 bridgehead atoms. The Bertz CT molecular complexity index is 999. The molecule has 6 nitrogen and oxygen atoms in total. The summed E-state index contributed by atoms with van der Waals surface area (Å²) in [6.45, 7) is -3.06. The second-order valence-electron chi connectivity index (χ2n) is 5.59. The smallest absolute Gasteiger partial charge is 0.387 e. The van der Waals surface area contributed by atoms with Crippen LogP contribution in [0.2, 0.25) is 0 Å². The van der Waals surface area contributed by atoms with Gasteiger partial charge < -0.3 is 14.2 Å². The number of alkyl halides is 2. The fourth-order valence-electron chi connectivity index (χ4n) is 2.43. The van der Waals surface area contributed by atoms with Crippen molar-refractivity contribution >= 4 is 21.7 Å². The van der Waals surface area contributed by atoms with Gasteiger partial charge in [-0.1, -0.05) is 12.1 Å². The molecular formula is C19H18F2O6S. The average Bonchev–Trinajstić information content (AvgIpc) is 2.65. The molecule has 0 saturated heterocycles. The number of benzene rings is 2. The summed E-state index contributed by atoms with van der Waals surface area (Å²) in [4.78, 5) is 12.4. The number of rotatable bonds is 8. The van der Waals surface area contributed by atoms with Crippen molar-refractivity contribution in [3.8, 4) is 17.2 Å². The van der Waals surface area contributed by atoms with E-state index in [1.807, 2.05) is 0 Å². The molecule has 0 amide bonds. The zero-order chi connectivity index (χ0) is 20.9. The molecule has 0 fully saturated rings. The molecule has 0 heterocycles. The summed E-state index contributed by atoms with van der Waals surface area (Å²) in [6.07, 6.45) is 3.49. The van der Waals surface area contributed by atoms with E-state index in [2.05, 4.69) is 4.74 Å². The molecule has 0 aromatic heterocycles. The third kappa shape index (κ3) is 5.07. The molecule has 0 saturated carbocycles. The Balaban J connectivity index is 2.37. The predicted octanol–water partition coefficient (Wildman–Crippen LogP) is 3.60. The summed E-state index contributed by atoms with van der Waals surface area (Å²) in [6, 6.07) is 8.40. The van der Waals surface area contributed by atoms with Gasteiger partial charge in [0.2, 0.25) is 0 Å². The van der Waals surface area contributed by atoms with Gasteiger partial charge in [0.05, 0.1) is 14.2 Å². The van der Waals surface area contributed by atoms with Crippen molar-refractivity contribution in [2.45, 2.75) is 11.5 Å². The number of hydrogen-bond donors (Lipinski definition) is 0. The van der Waals surface area contributed by atoms with Crippen LogP contribution in [0.3, 0.4) is 0 Å². The first-order valence-electron chi connectivity index (χ1n) is 7.89. The second-order valence-corrected chi connectivity index (χ2v) is 7.58. The van der Waals surface area contributed by atoms with E-state index < -0.39 is 22.2 Å². The van der Waals surface area contributed by atoms with Crippen LogP contribution in [0.4, 0.5) is 8.78 Å². The van der Waals surface area contributed by atoms with Gasteiger partial charge in [0.25, 0.3) is 0 Å². The first-order chi connectivity index (χ1) is 13.2. The highest BCUT2D eigenvalue weighted by molar-refractivity contribution is 7.90. The van der Waals surface area contributed by atoms with Crippen LogP contribution in [0.25, 0.3) is 6.08 Å². The molecule has 9 heteroatoms. The van der Waals surface area contributed by atoms with Crippen LogP contribution in [0.5, 0.6) is 17.2 Å². The Morgan fingerprint density at radius 3 is 2.32 bits per heavy atom. The minimum absolute atomic E-state index is 0.0323. The number of halogens is 2. The zero-order valence-electron chi connectivity index (χ0n) is 15.3. The van der Waals surface area contributed by atoms with Gasteiger partial charge in [0, 0.05) is 17.4 Å². The number of hydrogen-bond acceptors (Lipinski definition) is 6. The quantitative estimate of drug-likeness (QED) is 0.487. The van der Waals surface area contributed by atoms with Gasteiger partial charge >= 0.3 is 6.61 Å². The molecule has 2 aromatic rings. The summed E-state index contributed by atoms with van der Waals surface area (Å²) < 4.78 is 63.3. The van der Waals surface area contributed by atoms with E-state index in [4.69, 9.17) is 9.47 Å². The van der Waals surface area contributed by atoms with Crippen LogP contribution < -0.4 is 14.2 Å². The van der Waals surface area contributed by atoms with Gasteiger partial charge in [-0.3, -0.25) is 4.79 Å². The van der Waals surface area contributed by atoms with Gasteiger partial charge in [-0.25, -0.2) is 8.42 Å². The van der Waals surface area contributed by atoms with E-state index in [-0.39, 0.29) is 33.3 Å². The standard InChI is InChI=1S/C19H18F2O6S/c1-25-15-6-4-5-12(18(15)27-19(20)21)7-9-14(22)13-8-10-17(28(3,23)24)16(11-13)26-2/h4-11,19H,1-3H3/b9-7+. The summed E-state index contributed by atoms with van der Waals surface area (Å²) in [5, 5.41) is 0. The molecule has 0 aliphatic carbocycles. The van der Waals surface area contributed by atoms with E-state index in [9.17, 15) is 22.0 Å². The third-order valence-corrected chi connectivity index (χ3v) is 4.83. The summed E-state index contributed by atoms with van der Waals surface area (Å²) in [5.41, 5.74) is 0.382. The van der Waals surface area contributed by atoms with Crippen LogP contribution in [-0.4, -0.2) is 41.3 Å². The minimum atomic E-state index is -3.52. The molecule has 0 spiro atoms. The van der Waals surface area contributed by atoms with E-state index in [1.165, 1.54) is 50.6 Å². The number of ketones is 1. The Morgan fingerprint density at radius 2 is 1.75 bits per heavy atom. The minimum Gasteiger partial charge on any atom is -0.495 e. The normalized spacial score (nSPS) is 11.6. The van der Waals surface area contributed by atoms with Gasteiger partial charge in [-0.15, -0.1) is 0 Å². The third-order valence-electron chi connectivity index (χ3n) is 3.70. The van der Waals surface area contributed by atoms with Crippen molar-refractivity contribution in [1.29, 1.82) is 0 Å². The lowest BCUT2D eigenvalue weighted by Gasteiger charge is -2.12. The fraction of sp³-hybridized carbons (Fsp3) is 0.211. The summed E-state index contributed by atoms with van der Waals surface area (Å²) in [7, 11) is -0.926. The van der Waals surface area contributed by atoms with Crippen molar-refractivity contribution in [2.75, 3.05) is 20.5 Å². The molecule has 0 aliphatic heterocycles. The molecule has 0 aliphatic rings. The van der Waals surface area contributed by atoms with Crippen molar-refractivity contribution in [3.05, 3.63) is 53.6 Å². The van der Waals surface area contributed by atoms with E-state index >= 15 is 0 Å². The average molecular weight is 412 g/mol. The molecule has 2 rings (SSSR count). The largest absolute Gasteiger partial charge is 0.495 e. The van der Waals surface area contributed by atoms with E-state index in [0.29, 0.717) is 0 Å². The highest BCUT2D eigenvalue weighted by Crippen LogP contribution is 2.33. The van der Waals surface area contributed by atoms with Crippen molar-refractivity contribution in [1.82, 2.24) is 0 Å². The molecule has 0 unspecified atom stereocenters. The highest BCUT2D eigenvalue weighted by atomic mass is 32.2. The monoisotopic (exact) mass is 412 g/mol. The molecule has 0 atom stereocenters. The van der Waals surface area contributed by atoms with Crippen molar-refractivity contribution < 1.29 is 36.2 Å². The highest BCUT2D eigenvalue weighted by Gasteiger charge is 2.17. The van der Waals surface area contributed by atoms with Gasteiger partial charge in [-0.05, 0) is 36.4 Å². The van der Waals surface area contributed by atoms with Crippen LogP contribution in [0, 0.1) is 0 Å². The Hall–Kier alpha value is -2.94. The topological polar surface area (TPSA) is 78.9 Å². The summed E-state index contributed by atoms with van der Waals surface area (Å²) >= 11 is 0. The van der Waals surface area contributed by atoms with Gasteiger partial charge in [0.15, 0.2) is 27.1 Å². The molecule has 28 heavy (non-hydrogen) atoms. The maximum atomic E-state index is 12.7. The number of carbonyl (C=O) groups is 1. The number of sulfone groups is 1. The first-order valence-corrected chi connectivity index (χ1v) is 9.78. The lowest BCUT2D eigenvalue weighted by atomic mass is 10.1. The molecule has 0 radical (unpaired) electrons. The number of methoxy groups -OCH3 is 2. The maximum absolute atomic E-state index is 12.7. The Labute approximate surface area is 161 Å². The summed E-state index contributed by atoms with van der Waals surface area (Å²) in [5.74, 6) is -0.558. The zero-order valence-corrected chi connectivity index (χ0v) is 16.1. The number of carbonyl (C=O) groups excluding carboxylic acids is 1. The number of ether oxygens (including phenoxy) is 3. The lowest BCUT2D eigenvalue weighted by Crippen LogP contribution is -2.05. The van der Waals surface area contributed by atoms with Crippen molar-refractivity contribution in [3.63, 3.8) is 0 Å². The molecule has 0 N–H and O–H groups in total. The molecule has 150 valence electrons. The molecular weight excluding hydrogens is 394 g/mol. The lowest BCUT2D eigenvalue weighted by molar-refractivity contribution is -0.0513. The van der Waals surface area contributed by atoms with Crippen LogP contribution >= 0.6 is 0 Å². The predicted molar refractivity (Wildman–Crippen MR) is 99.1 cm³/mol. The Morgan fingerprint density at radius 1 is 1.07 bits per heavy atom.